The fourth-order valence-corrected chi connectivity index (χ4v) is 2.26. The van der Waals surface area contributed by atoms with Gasteiger partial charge in [0.15, 0.2) is 0 Å². The highest BCUT2D eigenvalue weighted by Gasteiger charge is 2.11. The molecule has 8 heteroatoms. The van der Waals surface area contributed by atoms with Crippen molar-refractivity contribution in [2.45, 2.75) is 0 Å². The smallest absolute Gasteiger partial charge is 0.276 e. The minimum absolute atomic E-state index is 0.0555. The van der Waals surface area contributed by atoms with Crippen LogP contribution in [-0.2, 0) is 0 Å². The fraction of sp³-hybridized carbons (Fsp3) is 0.0833. The van der Waals surface area contributed by atoms with Crippen molar-refractivity contribution in [3.05, 3.63) is 49.9 Å². The van der Waals surface area contributed by atoms with Crippen LogP contribution in [0.4, 0.5) is 23.0 Å². The zero-order valence-electron chi connectivity index (χ0n) is 10.4. The zero-order valence-corrected chi connectivity index (χ0v) is 12.7. The Morgan fingerprint density at radius 2 is 2.00 bits per heavy atom. The van der Waals surface area contributed by atoms with Gasteiger partial charge in [-0.15, -0.1) is 0 Å². The number of hydrogen-bond acceptors (Lipinski definition) is 5. The van der Waals surface area contributed by atoms with Crippen LogP contribution in [0, 0.1) is 10.1 Å². The normalized spacial score (nSPS) is 10.2. The highest BCUT2D eigenvalue weighted by atomic mass is 79.9. The van der Waals surface area contributed by atoms with Crippen molar-refractivity contribution in [1.29, 1.82) is 0 Å². The molecule has 0 fully saturated rings. The molecule has 20 heavy (non-hydrogen) atoms. The summed E-state index contributed by atoms with van der Waals surface area (Å²) in [6, 6.07) is 7.99. The topological polar surface area (TPSA) is 80.1 Å². The van der Waals surface area contributed by atoms with E-state index in [1.807, 2.05) is 6.07 Å². The second-order valence-corrected chi connectivity index (χ2v) is 5.17. The molecule has 1 aromatic carbocycles. The number of nitrogens with one attached hydrogen (secondary N) is 2. The van der Waals surface area contributed by atoms with Crippen molar-refractivity contribution in [2.75, 3.05) is 17.7 Å². The third-order valence-corrected chi connectivity index (χ3v) is 3.28. The molecule has 104 valence electrons. The molecule has 0 unspecified atom stereocenters. The highest BCUT2D eigenvalue weighted by molar-refractivity contribution is 9.10. The molecule has 0 bridgehead atoms. The number of aromatic nitrogens is 1. The van der Waals surface area contributed by atoms with Gasteiger partial charge in [-0.25, -0.2) is 4.98 Å². The van der Waals surface area contributed by atoms with Crippen molar-refractivity contribution < 1.29 is 4.92 Å². The number of nitro groups is 1. The maximum absolute atomic E-state index is 10.9. The molecule has 0 aliphatic rings. The summed E-state index contributed by atoms with van der Waals surface area (Å²) >= 11 is 9.39. The molecule has 2 aromatic rings. The minimum atomic E-state index is -0.475. The second-order valence-electron chi connectivity index (χ2n) is 3.85. The first-order valence-electron chi connectivity index (χ1n) is 5.56. The van der Waals surface area contributed by atoms with E-state index in [-0.39, 0.29) is 5.69 Å². The number of hydrogen-bond donors (Lipinski definition) is 2. The van der Waals surface area contributed by atoms with Gasteiger partial charge in [-0.2, -0.15) is 0 Å². The first kappa shape index (κ1) is 14.5. The fourth-order valence-electron chi connectivity index (χ4n) is 1.54. The molecule has 6 nitrogen and oxygen atoms in total. The van der Waals surface area contributed by atoms with Gasteiger partial charge >= 0.3 is 0 Å². The molecule has 0 radical (unpaired) electrons. The van der Waals surface area contributed by atoms with E-state index < -0.39 is 4.92 Å². The minimum Gasteiger partial charge on any atom is -0.373 e. The van der Waals surface area contributed by atoms with Crippen LogP contribution in [0.1, 0.15) is 0 Å². The molecule has 1 aromatic heterocycles. The van der Waals surface area contributed by atoms with E-state index in [1.54, 1.807) is 19.2 Å². The third kappa shape index (κ3) is 3.37. The monoisotopic (exact) mass is 356 g/mol. The van der Waals surface area contributed by atoms with Crippen LogP contribution in [0.15, 0.2) is 34.8 Å². The molecule has 0 aliphatic heterocycles. The number of rotatable bonds is 4. The quantitative estimate of drug-likeness (QED) is 0.633. The van der Waals surface area contributed by atoms with Crippen LogP contribution in [0.3, 0.4) is 0 Å². The Kier molecular flexibility index (Phi) is 4.41. The van der Waals surface area contributed by atoms with Gasteiger partial charge in [-0.05, 0) is 18.2 Å². The van der Waals surface area contributed by atoms with Crippen molar-refractivity contribution in [3.8, 4) is 0 Å². The standard InChI is InChI=1S/C12H10BrClN4O2/c1-15-11-5-8(18(19)20)6-12(17-11)16-10-3-2-7(13)4-9(10)14/h2-6H,1H3,(H2,15,16,17). The van der Waals surface area contributed by atoms with Crippen LogP contribution in [0.5, 0.6) is 0 Å². The summed E-state index contributed by atoms with van der Waals surface area (Å²) in [7, 11) is 1.64. The SMILES string of the molecule is CNc1cc([N+](=O)[O-])cc(Nc2ccc(Br)cc2Cl)n1. The predicted octanol–water partition coefficient (Wildman–Crippen LogP) is 4.19. The van der Waals surface area contributed by atoms with Crippen LogP contribution in [-0.4, -0.2) is 17.0 Å². The Hall–Kier alpha value is -1.86. The molecule has 0 atom stereocenters. The molecular weight excluding hydrogens is 348 g/mol. The number of halogens is 2. The van der Waals surface area contributed by atoms with Crippen LogP contribution in [0.2, 0.25) is 5.02 Å². The van der Waals surface area contributed by atoms with Gasteiger partial charge in [0.2, 0.25) is 0 Å². The summed E-state index contributed by atoms with van der Waals surface area (Å²) in [5.74, 6) is 0.739. The maximum atomic E-state index is 10.9. The summed E-state index contributed by atoms with van der Waals surface area (Å²) in [6.45, 7) is 0. The van der Waals surface area contributed by atoms with Crippen molar-refractivity contribution in [1.82, 2.24) is 4.98 Å². The van der Waals surface area contributed by atoms with E-state index in [1.165, 1.54) is 12.1 Å². The van der Waals surface area contributed by atoms with E-state index in [9.17, 15) is 10.1 Å². The largest absolute Gasteiger partial charge is 0.373 e. The lowest BCUT2D eigenvalue weighted by atomic mass is 10.3. The average Bonchev–Trinajstić information content (AvgIpc) is 2.41. The lowest BCUT2D eigenvalue weighted by Crippen LogP contribution is -2.00. The van der Waals surface area contributed by atoms with Crippen molar-refractivity contribution >= 4 is 50.5 Å². The van der Waals surface area contributed by atoms with Gasteiger partial charge < -0.3 is 10.6 Å². The van der Waals surface area contributed by atoms with Gasteiger partial charge in [0.05, 0.1) is 27.8 Å². The molecule has 2 N–H and O–H groups in total. The molecule has 0 aliphatic carbocycles. The van der Waals surface area contributed by atoms with Gasteiger partial charge in [0.25, 0.3) is 5.69 Å². The Bertz CT molecular complexity index is 666. The summed E-state index contributed by atoms with van der Waals surface area (Å²) in [4.78, 5) is 14.6. The average molecular weight is 358 g/mol. The molecule has 1 heterocycles. The number of benzene rings is 1. The van der Waals surface area contributed by atoms with E-state index >= 15 is 0 Å². The highest BCUT2D eigenvalue weighted by Crippen LogP contribution is 2.29. The molecule has 0 saturated carbocycles. The van der Waals surface area contributed by atoms with E-state index in [0.717, 1.165) is 4.47 Å². The number of pyridine rings is 1. The van der Waals surface area contributed by atoms with E-state index in [0.29, 0.717) is 22.3 Å². The second kappa shape index (κ2) is 6.06. The summed E-state index contributed by atoms with van der Waals surface area (Å²) in [5.41, 5.74) is 0.560. The van der Waals surface area contributed by atoms with E-state index in [4.69, 9.17) is 11.6 Å². The van der Waals surface area contributed by atoms with Crippen molar-refractivity contribution in [3.63, 3.8) is 0 Å². The Morgan fingerprint density at radius 3 is 2.60 bits per heavy atom. The van der Waals surface area contributed by atoms with Gasteiger partial charge in [0.1, 0.15) is 11.6 Å². The maximum Gasteiger partial charge on any atom is 0.276 e. The molecule has 2 rings (SSSR count). The predicted molar refractivity (Wildman–Crippen MR) is 82.9 cm³/mol. The van der Waals surface area contributed by atoms with E-state index in [2.05, 4.69) is 31.5 Å². The Labute approximate surface area is 128 Å². The van der Waals surface area contributed by atoms with Gasteiger partial charge in [-0.3, -0.25) is 10.1 Å². The van der Waals surface area contributed by atoms with Gasteiger partial charge in [-0.1, -0.05) is 27.5 Å². The number of nitrogens with zero attached hydrogens (tertiary/aromatic N) is 2. The summed E-state index contributed by atoms with van der Waals surface area (Å²) in [6.07, 6.45) is 0. The lowest BCUT2D eigenvalue weighted by molar-refractivity contribution is -0.384. The number of anilines is 3. The van der Waals surface area contributed by atoms with Crippen LogP contribution >= 0.6 is 27.5 Å². The first-order chi connectivity index (χ1) is 9.49. The molecule has 0 spiro atoms. The third-order valence-electron chi connectivity index (χ3n) is 2.47. The molecular formula is C12H10BrClN4O2. The van der Waals surface area contributed by atoms with Crippen LogP contribution in [0.25, 0.3) is 0 Å². The Balaban J connectivity index is 2.37. The molecule has 0 amide bonds. The lowest BCUT2D eigenvalue weighted by Gasteiger charge is -2.09. The van der Waals surface area contributed by atoms with Crippen molar-refractivity contribution in [2.24, 2.45) is 0 Å². The molecule has 0 saturated heterocycles. The first-order valence-corrected chi connectivity index (χ1v) is 6.73. The summed E-state index contributed by atoms with van der Waals surface area (Å²) in [5, 5.41) is 17.1. The zero-order chi connectivity index (χ0) is 14.7. The summed E-state index contributed by atoms with van der Waals surface area (Å²) < 4.78 is 0.843. The van der Waals surface area contributed by atoms with Crippen LogP contribution < -0.4 is 10.6 Å². The Morgan fingerprint density at radius 1 is 1.30 bits per heavy atom. The van der Waals surface area contributed by atoms with Gasteiger partial charge in [0, 0.05) is 11.5 Å².